The van der Waals surface area contributed by atoms with Gasteiger partial charge in [-0.1, -0.05) is 11.6 Å². The Kier molecular flexibility index (Phi) is 2.87. The molecule has 0 unspecified atom stereocenters. The summed E-state index contributed by atoms with van der Waals surface area (Å²) in [5, 5.41) is 12.4. The van der Waals surface area contributed by atoms with Crippen molar-refractivity contribution in [2.75, 3.05) is 12.4 Å². The number of pyridine rings is 1. The molecule has 2 N–H and O–H groups in total. The van der Waals surface area contributed by atoms with E-state index < -0.39 is 5.97 Å². The number of nitrogens with zero attached hydrogens (tertiary/aromatic N) is 1. The first kappa shape index (κ1) is 11.0. The van der Waals surface area contributed by atoms with Crippen molar-refractivity contribution in [1.29, 1.82) is 0 Å². The van der Waals surface area contributed by atoms with E-state index in [0.29, 0.717) is 11.9 Å². The number of aromatic hydroxyl groups is 1. The SMILES string of the molecule is COC(=O)c1cc(Cl)c(O)nc1NC1CC1. The van der Waals surface area contributed by atoms with E-state index in [1.54, 1.807) is 0 Å². The maximum Gasteiger partial charge on any atom is 0.341 e. The van der Waals surface area contributed by atoms with Crippen LogP contribution in [0.25, 0.3) is 0 Å². The molecule has 1 heterocycles. The second-order valence-electron chi connectivity index (χ2n) is 3.60. The molecule has 0 amide bonds. The number of methoxy groups -OCH3 is 1. The van der Waals surface area contributed by atoms with Crippen LogP contribution >= 0.6 is 11.6 Å². The van der Waals surface area contributed by atoms with Crippen molar-refractivity contribution >= 4 is 23.4 Å². The first-order valence-electron chi connectivity index (χ1n) is 4.86. The zero-order valence-electron chi connectivity index (χ0n) is 8.66. The van der Waals surface area contributed by atoms with Crippen LogP contribution < -0.4 is 5.32 Å². The Morgan fingerprint density at radius 2 is 2.38 bits per heavy atom. The van der Waals surface area contributed by atoms with Gasteiger partial charge in [0.2, 0.25) is 5.88 Å². The first-order valence-corrected chi connectivity index (χ1v) is 5.24. The molecule has 0 atom stereocenters. The van der Waals surface area contributed by atoms with Gasteiger partial charge in [-0.15, -0.1) is 0 Å². The van der Waals surface area contributed by atoms with Gasteiger partial charge in [0.1, 0.15) is 16.4 Å². The van der Waals surface area contributed by atoms with Crippen LogP contribution in [0.2, 0.25) is 5.02 Å². The highest BCUT2D eigenvalue weighted by Crippen LogP contribution is 2.30. The molecular weight excluding hydrogens is 232 g/mol. The van der Waals surface area contributed by atoms with Gasteiger partial charge in [-0.2, -0.15) is 4.98 Å². The summed E-state index contributed by atoms with van der Waals surface area (Å²) in [5.41, 5.74) is 0.234. The van der Waals surface area contributed by atoms with Crippen molar-refractivity contribution < 1.29 is 14.6 Å². The van der Waals surface area contributed by atoms with Gasteiger partial charge in [0.15, 0.2) is 0 Å². The Hall–Kier alpha value is -1.49. The predicted octanol–water partition coefficient (Wildman–Crippen LogP) is 1.80. The fourth-order valence-electron chi connectivity index (χ4n) is 1.28. The number of ether oxygens (including phenoxy) is 1. The molecule has 1 saturated carbocycles. The summed E-state index contributed by atoms with van der Waals surface area (Å²) >= 11 is 5.69. The third-order valence-corrected chi connectivity index (χ3v) is 2.56. The lowest BCUT2D eigenvalue weighted by Crippen LogP contribution is -2.11. The van der Waals surface area contributed by atoms with Crippen molar-refractivity contribution in [3.05, 3.63) is 16.7 Å². The van der Waals surface area contributed by atoms with Crippen molar-refractivity contribution in [1.82, 2.24) is 4.98 Å². The van der Waals surface area contributed by atoms with E-state index in [9.17, 15) is 9.90 Å². The van der Waals surface area contributed by atoms with Crippen LogP contribution in [0.1, 0.15) is 23.2 Å². The molecule has 1 aromatic rings. The maximum absolute atomic E-state index is 11.5. The summed E-state index contributed by atoms with van der Waals surface area (Å²) in [6.45, 7) is 0. The number of carbonyl (C=O) groups is 1. The van der Waals surface area contributed by atoms with Gasteiger partial charge in [0.05, 0.1) is 7.11 Å². The minimum absolute atomic E-state index is 0.0294. The fraction of sp³-hybridized carbons (Fsp3) is 0.400. The Morgan fingerprint density at radius 1 is 1.69 bits per heavy atom. The third kappa shape index (κ3) is 2.19. The summed E-state index contributed by atoms with van der Waals surface area (Å²) in [4.78, 5) is 15.3. The molecular formula is C10H11ClN2O3. The molecule has 0 radical (unpaired) electrons. The minimum atomic E-state index is -0.530. The average Bonchev–Trinajstić information content (AvgIpc) is 3.06. The Labute approximate surface area is 97.4 Å². The number of esters is 1. The largest absolute Gasteiger partial charge is 0.492 e. The zero-order valence-corrected chi connectivity index (χ0v) is 9.41. The second kappa shape index (κ2) is 4.17. The van der Waals surface area contributed by atoms with Crippen LogP contribution in [0.15, 0.2) is 6.07 Å². The van der Waals surface area contributed by atoms with Crippen molar-refractivity contribution in [2.45, 2.75) is 18.9 Å². The number of nitrogens with one attached hydrogen (secondary N) is 1. The van der Waals surface area contributed by atoms with Gasteiger partial charge in [0, 0.05) is 6.04 Å². The number of anilines is 1. The number of carbonyl (C=O) groups excluding carboxylic acids is 1. The van der Waals surface area contributed by atoms with E-state index in [0.717, 1.165) is 12.8 Å². The van der Waals surface area contributed by atoms with Crippen LogP contribution in [0, 0.1) is 0 Å². The molecule has 2 rings (SSSR count). The van der Waals surface area contributed by atoms with E-state index in [1.165, 1.54) is 13.2 Å². The lowest BCUT2D eigenvalue weighted by atomic mass is 10.2. The molecule has 0 aliphatic heterocycles. The molecule has 0 bridgehead atoms. The van der Waals surface area contributed by atoms with E-state index in [-0.39, 0.29) is 16.5 Å². The van der Waals surface area contributed by atoms with Crippen molar-refractivity contribution in [2.24, 2.45) is 0 Å². The molecule has 6 heteroatoms. The summed E-state index contributed by atoms with van der Waals surface area (Å²) in [7, 11) is 1.28. The van der Waals surface area contributed by atoms with Crippen molar-refractivity contribution in [3.63, 3.8) is 0 Å². The molecule has 5 nitrogen and oxygen atoms in total. The standard InChI is InChI=1S/C10H11ClN2O3/c1-16-10(15)6-4-7(11)9(14)13-8(6)12-5-2-3-5/h4-5H,2-3H2,1H3,(H2,12,13,14). The molecule has 0 aromatic carbocycles. The molecule has 86 valence electrons. The number of rotatable bonds is 3. The molecule has 1 aliphatic carbocycles. The molecule has 16 heavy (non-hydrogen) atoms. The highest BCUT2D eigenvalue weighted by atomic mass is 35.5. The normalized spacial score (nSPS) is 14.6. The van der Waals surface area contributed by atoms with Gasteiger partial charge >= 0.3 is 5.97 Å². The summed E-state index contributed by atoms with van der Waals surface area (Å²) in [6, 6.07) is 1.66. The second-order valence-corrected chi connectivity index (χ2v) is 4.01. The molecule has 0 saturated heterocycles. The average molecular weight is 243 g/mol. The highest BCUT2D eigenvalue weighted by Gasteiger charge is 2.25. The molecule has 1 aliphatic rings. The topological polar surface area (TPSA) is 71.5 Å². The Balaban J connectivity index is 2.37. The number of hydrogen-bond acceptors (Lipinski definition) is 5. The monoisotopic (exact) mass is 242 g/mol. The lowest BCUT2D eigenvalue weighted by molar-refractivity contribution is 0.0601. The smallest absolute Gasteiger partial charge is 0.341 e. The molecule has 1 aromatic heterocycles. The van der Waals surface area contributed by atoms with Gasteiger partial charge < -0.3 is 15.2 Å². The number of aromatic nitrogens is 1. The predicted molar refractivity (Wildman–Crippen MR) is 58.9 cm³/mol. The maximum atomic E-state index is 11.5. The summed E-state index contributed by atoms with van der Waals surface area (Å²) in [6.07, 6.45) is 2.07. The number of hydrogen-bond donors (Lipinski definition) is 2. The van der Waals surface area contributed by atoms with Crippen LogP contribution in [-0.2, 0) is 4.74 Å². The first-order chi connectivity index (χ1) is 7.61. The van der Waals surface area contributed by atoms with Crippen LogP contribution in [0.3, 0.4) is 0 Å². The van der Waals surface area contributed by atoms with Crippen LogP contribution in [0.4, 0.5) is 5.82 Å². The van der Waals surface area contributed by atoms with Crippen LogP contribution in [0.5, 0.6) is 5.88 Å². The Bertz CT molecular complexity index is 432. The number of halogens is 1. The summed E-state index contributed by atoms with van der Waals surface area (Å²) in [5.74, 6) is -0.508. The minimum Gasteiger partial charge on any atom is -0.492 e. The summed E-state index contributed by atoms with van der Waals surface area (Å²) < 4.78 is 4.61. The Morgan fingerprint density at radius 3 is 2.94 bits per heavy atom. The van der Waals surface area contributed by atoms with Crippen molar-refractivity contribution in [3.8, 4) is 5.88 Å². The van der Waals surface area contributed by atoms with Gasteiger partial charge in [0.25, 0.3) is 0 Å². The van der Waals surface area contributed by atoms with E-state index in [2.05, 4.69) is 15.0 Å². The lowest BCUT2D eigenvalue weighted by Gasteiger charge is -2.09. The van der Waals surface area contributed by atoms with E-state index >= 15 is 0 Å². The quantitative estimate of drug-likeness (QED) is 0.791. The fourth-order valence-corrected chi connectivity index (χ4v) is 1.43. The highest BCUT2D eigenvalue weighted by molar-refractivity contribution is 6.32. The zero-order chi connectivity index (χ0) is 11.7. The molecule has 1 fully saturated rings. The van der Waals surface area contributed by atoms with E-state index in [1.807, 2.05) is 0 Å². The third-order valence-electron chi connectivity index (χ3n) is 2.28. The van der Waals surface area contributed by atoms with Gasteiger partial charge in [-0.25, -0.2) is 4.79 Å². The van der Waals surface area contributed by atoms with Gasteiger partial charge in [-0.05, 0) is 18.9 Å². The van der Waals surface area contributed by atoms with Crippen LogP contribution in [-0.4, -0.2) is 29.2 Å². The van der Waals surface area contributed by atoms with Gasteiger partial charge in [-0.3, -0.25) is 0 Å². The molecule has 0 spiro atoms. The van der Waals surface area contributed by atoms with E-state index in [4.69, 9.17) is 11.6 Å².